The first-order chi connectivity index (χ1) is 12.6. The highest BCUT2D eigenvalue weighted by molar-refractivity contribution is 14.1. The number of hydrogen-bond acceptors (Lipinski definition) is 5. The van der Waals surface area contributed by atoms with Crippen molar-refractivity contribution in [2.24, 2.45) is 0 Å². The Labute approximate surface area is 174 Å². The fourth-order valence-corrected chi connectivity index (χ4v) is 3.32. The summed E-state index contributed by atoms with van der Waals surface area (Å²) in [6, 6.07) is 7.89. The van der Waals surface area contributed by atoms with E-state index < -0.39 is 0 Å². The van der Waals surface area contributed by atoms with Gasteiger partial charge in [-0.15, -0.1) is 13.2 Å². The van der Waals surface area contributed by atoms with E-state index in [0.717, 1.165) is 22.3 Å². The Hall–Kier alpha value is -1.80. The van der Waals surface area contributed by atoms with Gasteiger partial charge in [0.05, 0.1) is 14.2 Å². The molecule has 0 amide bonds. The first kappa shape index (κ1) is 20.5. The lowest BCUT2D eigenvalue weighted by atomic mass is 9.96. The van der Waals surface area contributed by atoms with Crippen molar-refractivity contribution in [1.82, 2.24) is 0 Å². The van der Waals surface area contributed by atoms with Crippen LogP contribution < -0.4 is 16.7 Å². The molecule has 0 aliphatic rings. The van der Waals surface area contributed by atoms with Gasteiger partial charge in [0.25, 0.3) is 0 Å². The van der Waals surface area contributed by atoms with Crippen LogP contribution in [0.4, 0.5) is 0 Å². The monoisotopic (exact) mass is 484 g/mol. The van der Waals surface area contributed by atoms with Gasteiger partial charge in [0.1, 0.15) is 0 Å². The van der Waals surface area contributed by atoms with Crippen LogP contribution >= 0.6 is 35.9 Å². The molecule has 2 rings (SSSR count). The van der Waals surface area contributed by atoms with Gasteiger partial charge in [0, 0.05) is 24.0 Å². The van der Waals surface area contributed by atoms with Crippen LogP contribution in [-0.4, -0.2) is 14.2 Å². The van der Waals surface area contributed by atoms with E-state index in [1.807, 2.05) is 59.4 Å². The van der Waals surface area contributed by atoms with Crippen molar-refractivity contribution < 1.29 is 16.7 Å². The van der Waals surface area contributed by atoms with E-state index in [-0.39, 0.29) is 0 Å². The SMILES string of the molecule is C=CCc1cc(OC)c(OC)c(-c2cc(CC=C)cc(OI)c2OS)c1. The van der Waals surface area contributed by atoms with Crippen molar-refractivity contribution in [1.29, 1.82) is 0 Å². The Kier molecular flexibility index (Phi) is 7.71. The van der Waals surface area contributed by atoms with E-state index in [1.165, 1.54) is 0 Å². The Morgan fingerprint density at radius 2 is 1.42 bits per heavy atom. The van der Waals surface area contributed by atoms with Crippen LogP contribution in [-0.2, 0) is 12.8 Å². The molecule has 0 radical (unpaired) electrons. The summed E-state index contributed by atoms with van der Waals surface area (Å²) in [5, 5.41) is 0. The summed E-state index contributed by atoms with van der Waals surface area (Å²) in [6.45, 7) is 7.63. The second-order valence-electron chi connectivity index (χ2n) is 5.50. The predicted octanol–water partition coefficient (Wildman–Crippen LogP) is 5.78. The number of rotatable bonds is 9. The second-order valence-corrected chi connectivity index (χ2v) is 6.13. The molecule has 0 N–H and O–H groups in total. The number of allylic oxidation sites excluding steroid dienone is 2. The van der Waals surface area contributed by atoms with Gasteiger partial charge in [0.15, 0.2) is 46.0 Å². The first-order valence-electron chi connectivity index (χ1n) is 7.87. The van der Waals surface area contributed by atoms with Crippen LogP contribution in [0.1, 0.15) is 11.1 Å². The molecule has 0 aromatic heterocycles. The standard InChI is InChI=1S/C20H21IO4S/c1-5-7-13-9-15(19(23-4)17(11-13)22-3)16-10-14(8-6-2)12-18(24-21)20(16)25-26/h5-6,9-12,26H,1-2,7-8H2,3-4H3. The molecular formula is C20H21IO4S. The summed E-state index contributed by atoms with van der Waals surface area (Å²) < 4.78 is 22.0. The first-order valence-corrected chi connectivity index (χ1v) is 9.12. The molecular weight excluding hydrogens is 463 g/mol. The van der Waals surface area contributed by atoms with Gasteiger partial charge < -0.3 is 16.7 Å². The van der Waals surface area contributed by atoms with Crippen molar-refractivity contribution in [3.8, 4) is 34.1 Å². The zero-order valence-electron chi connectivity index (χ0n) is 14.8. The van der Waals surface area contributed by atoms with Crippen LogP contribution in [0.25, 0.3) is 11.1 Å². The molecule has 4 nitrogen and oxygen atoms in total. The minimum atomic E-state index is 0.506. The molecule has 0 bridgehead atoms. The summed E-state index contributed by atoms with van der Waals surface area (Å²) in [7, 11) is 3.22. The smallest absolute Gasteiger partial charge is 0.192 e. The third-order valence-electron chi connectivity index (χ3n) is 3.88. The highest BCUT2D eigenvalue weighted by Crippen LogP contribution is 2.47. The van der Waals surface area contributed by atoms with Gasteiger partial charge in [-0.3, -0.25) is 0 Å². The molecule has 0 saturated heterocycles. The van der Waals surface area contributed by atoms with Crippen molar-refractivity contribution in [3.05, 3.63) is 60.7 Å². The highest BCUT2D eigenvalue weighted by atomic mass is 127. The number of ether oxygens (including phenoxy) is 2. The van der Waals surface area contributed by atoms with Crippen LogP contribution in [0.5, 0.6) is 23.0 Å². The molecule has 0 saturated carbocycles. The molecule has 0 unspecified atom stereocenters. The minimum absolute atomic E-state index is 0.506. The van der Waals surface area contributed by atoms with Crippen LogP contribution in [0.3, 0.4) is 0 Å². The van der Waals surface area contributed by atoms with Crippen molar-refractivity contribution >= 4 is 35.9 Å². The van der Waals surface area contributed by atoms with Gasteiger partial charge in [-0.1, -0.05) is 12.2 Å². The molecule has 6 heteroatoms. The molecule has 0 fully saturated rings. The lowest BCUT2D eigenvalue weighted by molar-refractivity contribution is 0.355. The summed E-state index contributed by atoms with van der Waals surface area (Å²) in [4.78, 5) is 0. The van der Waals surface area contributed by atoms with Crippen LogP contribution in [0.15, 0.2) is 49.6 Å². The number of thiol groups is 1. The molecule has 0 heterocycles. The Balaban J connectivity index is 2.83. The average Bonchev–Trinajstić information content (AvgIpc) is 2.66. The number of hydrogen-bond donors (Lipinski definition) is 1. The Morgan fingerprint density at radius 1 is 0.885 bits per heavy atom. The van der Waals surface area contributed by atoms with Crippen LogP contribution in [0.2, 0.25) is 0 Å². The zero-order valence-corrected chi connectivity index (χ0v) is 17.8. The molecule has 0 spiro atoms. The molecule has 2 aromatic carbocycles. The van der Waals surface area contributed by atoms with Crippen molar-refractivity contribution in [2.45, 2.75) is 12.8 Å². The van der Waals surface area contributed by atoms with Gasteiger partial charge in [0.2, 0.25) is 0 Å². The summed E-state index contributed by atoms with van der Waals surface area (Å²) >= 11 is 5.85. The fraction of sp³-hybridized carbons (Fsp3) is 0.200. The summed E-state index contributed by atoms with van der Waals surface area (Å²) in [5.41, 5.74) is 3.70. The molecule has 26 heavy (non-hydrogen) atoms. The zero-order chi connectivity index (χ0) is 19.1. The maximum atomic E-state index is 5.63. The number of methoxy groups -OCH3 is 2. The number of halogens is 1. The van der Waals surface area contributed by atoms with Gasteiger partial charge in [-0.05, 0) is 48.2 Å². The fourth-order valence-electron chi connectivity index (χ4n) is 2.80. The molecule has 0 atom stereocenters. The normalized spacial score (nSPS) is 10.2. The van der Waals surface area contributed by atoms with E-state index in [2.05, 4.69) is 26.1 Å². The van der Waals surface area contributed by atoms with E-state index in [1.54, 1.807) is 14.2 Å². The van der Waals surface area contributed by atoms with E-state index >= 15 is 0 Å². The highest BCUT2D eigenvalue weighted by Gasteiger charge is 2.21. The quantitative estimate of drug-likeness (QED) is 0.212. The Bertz CT molecular complexity index is 737. The molecule has 0 aliphatic heterocycles. The topological polar surface area (TPSA) is 36.9 Å². The largest absolute Gasteiger partial charge is 0.493 e. The van der Waals surface area contributed by atoms with Gasteiger partial charge >= 0.3 is 0 Å². The second kappa shape index (κ2) is 9.78. The van der Waals surface area contributed by atoms with E-state index in [0.29, 0.717) is 35.8 Å². The van der Waals surface area contributed by atoms with E-state index in [9.17, 15) is 0 Å². The lowest BCUT2D eigenvalue weighted by Gasteiger charge is -2.18. The van der Waals surface area contributed by atoms with Crippen molar-refractivity contribution in [2.75, 3.05) is 14.2 Å². The summed E-state index contributed by atoms with van der Waals surface area (Å²) in [6.07, 6.45) is 5.07. The minimum Gasteiger partial charge on any atom is -0.493 e. The molecule has 0 aliphatic carbocycles. The Morgan fingerprint density at radius 3 is 1.85 bits per heavy atom. The maximum absolute atomic E-state index is 5.63. The average molecular weight is 484 g/mol. The maximum Gasteiger partial charge on any atom is 0.192 e. The third kappa shape index (κ3) is 4.29. The number of benzene rings is 2. The van der Waals surface area contributed by atoms with Crippen LogP contribution in [0, 0.1) is 0 Å². The third-order valence-corrected chi connectivity index (χ3v) is 4.54. The molecule has 138 valence electrons. The lowest BCUT2D eigenvalue weighted by Crippen LogP contribution is -1.98. The predicted molar refractivity (Wildman–Crippen MR) is 117 cm³/mol. The summed E-state index contributed by atoms with van der Waals surface area (Å²) in [5.74, 6) is 2.33. The van der Waals surface area contributed by atoms with Crippen molar-refractivity contribution in [3.63, 3.8) is 0 Å². The molecule has 2 aromatic rings. The van der Waals surface area contributed by atoms with E-state index in [4.69, 9.17) is 16.7 Å². The van der Waals surface area contributed by atoms with Gasteiger partial charge in [-0.2, -0.15) is 0 Å². The van der Waals surface area contributed by atoms with Gasteiger partial charge in [-0.25, -0.2) is 0 Å².